The quantitative estimate of drug-likeness (QED) is 0.698. The van der Waals surface area contributed by atoms with E-state index in [0.717, 1.165) is 3.63 Å². The third-order valence-electron chi connectivity index (χ3n) is 3.14. The van der Waals surface area contributed by atoms with Crippen molar-refractivity contribution in [2.75, 3.05) is 13.1 Å². The third kappa shape index (κ3) is 3.88. The van der Waals surface area contributed by atoms with Gasteiger partial charge in [-0.25, -0.2) is 4.79 Å². The van der Waals surface area contributed by atoms with Gasteiger partial charge in [0.25, 0.3) is 0 Å². The summed E-state index contributed by atoms with van der Waals surface area (Å²) in [6.07, 6.45) is 4.43. The molecule has 0 aliphatic carbocycles. The number of rotatable bonds is 1. The molecular formula is C14H21IN2O3. The largest absolute Gasteiger partial charge is 0.444 e. The van der Waals surface area contributed by atoms with Crippen molar-refractivity contribution in [3.05, 3.63) is 10.2 Å². The van der Waals surface area contributed by atoms with Gasteiger partial charge >= 0.3 is 6.09 Å². The molecule has 20 heavy (non-hydrogen) atoms. The molecular weight excluding hydrogens is 371 g/mol. The van der Waals surface area contributed by atoms with Gasteiger partial charge in [0.15, 0.2) is 0 Å². The lowest BCUT2D eigenvalue weighted by Gasteiger charge is -2.38. The number of allylic oxidation sites excluding steroid dienone is 1. The molecule has 1 N–H and O–H groups in total. The molecule has 1 saturated heterocycles. The van der Waals surface area contributed by atoms with Crippen LogP contribution in [0.15, 0.2) is 15.2 Å². The van der Waals surface area contributed by atoms with Gasteiger partial charge in [-0.1, -0.05) is 20.7 Å². The van der Waals surface area contributed by atoms with Crippen molar-refractivity contribution in [1.82, 2.24) is 4.90 Å². The minimum atomic E-state index is -0.840. The third-order valence-corrected chi connectivity index (χ3v) is 5.79. The number of hydrogen-bond donors (Lipinski definition) is 1. The van der Waals surface area contributed by atoms with Gasteiger partial charge in [0.2, 0.25) is 0 Å². The topological polar surface area (TPSA) is 62.1 Å². The molecule has 0 aromatic rings. The molecule has 0 radical (unpaired) electrons. The van der Waals surface area contributed by atoms with Crippen molar-refractivity contribution < 1.29 is 14.6 Å². The molecule has 1 fully saturated rings. The molecule has 0 aromatic carbocycles. The first-order chi connectivity index (χ1) is 9.30. The maximum absolute atomic E-state index is 12.0. The number of piperidine rings is 1. The van der Waals surface area contributed by atoms with Crippen LogP contribution in [0.5, 0.6) is 0 Å². The van der Waals surface area contributed by atoms with Crippen LogP contribution in [-0.4, -0.2) is 50.2 Å². The van der Waals surface area contributed by atoms with E-state index < -0.39 is 11.2 Å². The van der Waals surface area contributed by atoms with Crippen molar-refractivity contribution in [2.45, 2.75) is 44.8 Å². The number of halogens is 1. The highest BCUT2D eigenvalue weighted by molar-refractivity contribution is 14.2. The number of carbonyl (C=O) groups excluding carboxylic acids is 1. The SMILES string of the molecule is CC(C)(C)OC(=O)N1CCC(O)(C2=IC=CC=N2)CC1. The van der Waals surface area contributed by atoms with Crippen LogP contribution in [0.25, 0.3) is 0 Å². The van der Waals surface area contributed by atoms with Crippen molar-refractivity contribution in [1.29, 1.82) is 0 Å². The molecule has 0 unspecified atom stereocenters. The van der Waals surface area contributed by atoms with E-state index >= 15 is 0 Å². The number of nitrogens with zero attached hydrogens (tertiary/aromatic N) is 2. The Morgan fingerprint density at radius 1 is 1.45 bits per heavy atom. The highest BCUT2D eigenvalue weighted by atomic mass is 127. The summed E-state index contributed by atoms with van der Waals surface area (Å²) < 4.78 is 8.36. The Morgan fingerprint density at radius 2 is 2.10 bits per heavy atom. The lowest BCUT2D eigenvalue weighted by Crippen LogP contribution is -2.51. The van der Waals surface area contributed by atoms with Crippen LogP contribution in [0.3, 0.4) is 0 Å². The van der Waals surface area contributed by atoms with Gasteiger partial charge in [-0.2, -0.15) is 0 Å². The Balaban J connectivity index is 1.95. The second kappa shape index (κ2) is 5.93. The van der Waals surface area contributed by atoms with E-state index in [4.69, 9.17) is 4.74 Å². The first-order valence-corrected chi connectivity index (χ1v) is 9.03. The lowest BCUT2D eigenvalue weighted by molar-refractivity contribution is -0.00147. The summed E-state index contributed by atoms with van der Waals surface area (Å²) in [5.41, 5.74) is -1.32. The summed E-state index contributed by atoms with van der Waals surface area (Å²) in [5, 5.41) is 10.7. The Kier molecular flexibility index (Phi) is 4.63. The predicted molar refractivity (Wildman–Crippen MR) is 88.6 cm³/mol. The minimum absolute atomic E-state index is 0.300. The van der Waals surface area contributed by atoms with Crippen LogP contribution < -0.4 is 0 Å². The van der Waals surface area contributed by atoms with Crippen molar-refractivity contribution in [3.63, 3.8) is 0 Å². The van der Waals surface area contributed by atoms with E-state index in [-0.39, 0.29) is 26.8 Å². The Labute approximate surface area is 129 Å². The average Bonchev–Trinajstić information content (AvgIpc) is 2.38. The smallest absolute Gasteiger partial charge is 0.410 e. The van der Waals surface area contributed by atoms with Crippen LogP contribution >= 0.6 is 20.7 Å². The zero-order chi connectivity index (χ0) is 14.8. The monoisotopic (exact) mass is 392 g/mol. The number of amides is 1. The zero-order valence-corrected chi connectivity index (χ0v) is 14.3. The second-order valence-electron chi connectivity index (χ2n) is 6.00. The number of carbonyl (C=O) groups is 1. The molecule has 5 nitrogen and oxygen atoms in total. The minimum Gasteiger partial charge on any atom is -0.444 e. The Morgan fingerprint density at radius 3 is 2.60 bits per heavy atom. The highest BCUT2D eigenvalue weighted by Gasteiger charge is 2.38. The Hall–Kier alpha value is -0.760. The molecule has 0 spiro atoms. The summed E-state index contributed by atoms with van der Waals surface area (Å²) in [6.45, 7) is 6.59. The van der Waals surface area contributed by atoms with E-state index in [0.29, 0.717) is 25.9 Å². The van der Waals surface area contributed by atoms with Crippen LogP contribution in [0.4, 0.5) is 4.79 Å². The molecule has 2 heterocycles. The summed E-state index contributed by atoms with van der Waals surface area (Å²) >= 11 is -0.325. The summed E-state index contributed by atoms with van der Waals surface area (Å²) in [5.74, 6) is 0. The molecule has 6 heteroatoms. The van der Waals surface area contributed by atoms with Gasteiger partial charge in [0.1, 0.15) is 14.8 Å². The number of ether oxygens (including phenoxy) is 1. The molecule has 0 aromatic heterocycles. The number of aliphatic hydroxyl groups is 1. The lowest BCUT2D eigenvalue weighted by atomic mass is 9.92. The molecule has 0 saturated carbocycles. The molecule has 0 bridgehead atoms. The fourth-order valence-electron chi connectivity index (χ4n) is 2.08. The first kappa shape index (κ1) is 15.6. The van der Waals surface area contributed by atoms with Crippen LogP contribution in [0.2, 0.25) is 0 Å². The van der Waals surface area contributed by atoms with Gasteiger partial charge in [-0.15, -0.1) is 0 Å². The maximum Gasteiger partial charge on any atom is 0.410 e. The molecule has 0 atom stereocenters. The molecule has 1 amide bonds. The van der Waals surface area contributed by atoms with E-state index in [1.165, 1.54) is 0 Å². The van der Waals surface area contributed by atoms with Crippen molar-refractivity contribution in [3.8, 4) is 0 Å². The predicted octanol–water partition coefficient (Wildman–Crippen LogP) is 2.45. The number of likely N-dealkylation sites (tertiary alicyclic amines) is 1. The second-order valence-corrected chi connectivity index (χ2v) is 8.36. The number of hydrogen-bond acceptors (Lipinski definition) is 4. The van der Waals surface area contributed by atoms with E-state index in [1.807, 2.05) is 26.8 Å². The van der Waals surface area contributed by atoms with E-state index in [1.54, 1.807) is 11.1 Å². The van der Waals surface area contributed by atoms with Crippen LogP contribution in [0.1, 0.15) is 33.6 Å². The van der Waals surface area contributed by atoms with Gasteiger partial charge in [-0.3, -0.25) is 4.99 Å². The van der Waals surface area contributed by atoms with E-state index in [9.17, 15) is 9.90 Å². The molecule has 2 rings (SSSR count). The van der Waals surface area contributed by atoms with Gasteiger partial charge in [0, 0.05) is 32.1 Å². The number of aliphatic imine (C=N–C) groups is 1. The molecule has 2 aliphatic rings. The van der Waals surface area contributed by atoms with Crippen LogP contribution in [0, 0.1) is 0 Å². The van der Waals surface area contributed by atoms with Crippen molar-refractivity contribution >= 4 is 36.7 Å². The van der Waals surface area contributed by atoms with Gasteiger partial charge in [-0.05, 0) is 30.9 Å². The van der Waals surface area contributed by atoms with E-state index in [2.05, 4.69) is 9.08 Å². The highest BCUT2D eigenvalue weighted by Crippen LogP contribution is 2.29. The summed E-state index contributed by atoms with van der Waals surface area (Å²) in [7, 11) is 0. The average molecular weight is 392 g/mol. The van der Waals surface area contributed by atoms with Gasteiger partial charge < -0.3 is 14.7 Å². The molecule has 112 valence electrons. The fourth-order valence-corrected chi connectivity index (χ4v) is 4.25. The normalized spacial score (nSPS) is 22.0. The standard InChI is InChI=1S/C14H21IN2O3/c1-13(2,3)20-12(18)17-9-5-14(19,6-10-17)11-15-7-4-8-16-11/h4,7-8,19H,5-6,9-10H2,1-3H3. The zero-order valence-electron chi connectivity index (χ0n) is 12.1. The fraction of sp³-hybridized carbons (Fsp3) is 0.643. The summed E-state index contributed by atoms with van der Waals surface area (Å²) in [4.78, 5) is 18.0. The van der Waals surface area contributed by atoms with Crippen molar-refractivity contribution in [2.24, 2.45) is 4.99 Å². The molecule has 2 aliphatic heterocycles. The summed E-state index contributed by atoms with van der Waals surface area (Å²) in [6, 6.07) is 0. The first-order valence-electron chi connectivity index (χ1n) is 6.70. The Bertz CT molecular complexity index is 469. The van der Waals surface area contributed by atoms with Crippen LogP contribution in [-0.2, 0) is 4.74 Å². The van der Waals surface area contributed by atoms with Gasteiger partial charge in [0.05, 0.1) is 0 Å². The maximum atomic E-state index is 12.0.